The Balaban J connectivity index is 1.72. The molecule has 0 N–H and O–H groups in total. The molecule has 1 aliphatic rings. The van der Waals surface area contributed by atoms with Crippen LogP contribution >= 0.6 is 63.7 Å². The fourth-order valence-corrected chi connectivity index (χ4v) is 5.44. The molecule has 1 aliphatic carbocycles. The SMILES string of the molecule is CC1(C)C([C@H](Br)C(Br)(Br)Br)[C@H]1C(=O)OC(C#N)c1cccc(Oc2ccccc2)c1. The summed E-state index contributed by atoms with van der Waals surface area (Å²) in [6.45, 7) is 4.04. The number of esters is 1. The number of alkyl halides is 4. The zero-order chi connectivity index (χ0) is 22.1. The summed E-state index contributed by atoms with van der Waals surface area (Å²) in [5, 5.41) is 9.65. The molecule has 4 nitrogen and oxygen atoms in total. The Morgan fingerprint density at radius 2 is 1.73 bits per heavy atom. The highest BCUT2D eigenvalue weighted by atomic mass is 80.0. The number of rotatable bonds is 6. The number of halogens is 4. The van der Waals surface area contributed by atoms with Crippen molar-refractivity contribution in [2.75, 3.05) is 0 Å². The van der Waals surface area contributed by atoms with E-state index in [0.29, 0.717) is 17.1 Å². The number of nitriles is 1. The van der Waals surface area contributed by atoms with E-state index < -0.39 is 8.25 Å². The second kappa shape index (κ2) is 9.32. The standard InChI is InChI=1S/C22H19Br4NO3/c1-21(2)17(19(23)22(24,25)26)18(21)20(28)30-16(12-27)13-7-6-10-15(11-13)29-14-8-4-3-5-9-14/h3-11,16-19H,1-2H3/t16?,17?,18-,19-/m0/s1. The van der Waals surface area contributed by atoms with Crippen LogP contribution in [0.3, 0.4) is 0 Å². The van der Waals surface area contributed by atoms with Crippen LogP contribution in [0.25, 0.3) is 0 Å². The topological polar surface area (TPSA) is 59.3 Å². The monoisotopic (exact) mass is 661 g/mol. The van der Waals surface area contributed by atoms with Crippen LogP contribution in [-0.2, 0) is 9.53 Å². The molecular weight excluding hydrogens is 646 g/mol. The van der Waals surface area contributed by atoms with E-state index in [9.17, 15) is 10.1 Å². The quantitative estimate of drug-likeness (QED) is 0.238. The molecule has 0 bridgehead atoms. The Kier molecular flexibility index (Phi) is 7.38. The van der Waals surface area contributed by atoms with Crippen LogP contribution in [0.15, 0.2) is 54.6 Å². The second-order valence-corrected chi connectivity index (χ2v) is 15.6. The molecule has 4 atom stereocenters. The Hall–Kier alpha value is -0.880. The van der Waals surface area contributed by atoms with Gasteiger partial charge in [-0.15, -0.1) is 0 Å². The van der Waals surface area contributed by atoms with Gasteiger partial charge in [-0.1, -0.05) is 108 Å². The zero-order valence-electron chi connectivity index (χ0n) is 16.2. The maximum atomic E-state index is 12.9. The molecule has 0 saturated heterocycles. The van der Waals surface area contributed by atoms with Gasteiger partial charge in [0.1, 0.15) is 19.7 Å². The average Bonchev–Trinajstić information content (AvgIpc) is 3.27. The van der Waals surface area contributed by atoms with E-state index in [1.54, 1.807) is 24.3 Å². The number of ether oxygens (including phenoxy) is 2. The van der Waals surface area contributed by atoms with E-state index >= 15 is 0 Å². The minimum atomic E-state index is -1.01. The van der Waals surface area contributed by atoms with E-state index in [-0.39, 0.29) is 28.0 Å². The molecule has 0 aliphatic heterocycles. The third-order valence-corrected chi connectivity index (χ3v) is 9.86. The minimum absolute atomic E-state index is 0.0233. The lowest BCUT2D eigenvalue weighted by Gasteiger charge is -2.21. The molecule has 158 valence electrons. The van der Waals surface area contributed by atoms with Gasteiger partial charge in [-0.25, -0.2) is 0 Å². The smallest absolute Gasteiger partial charge is 0.311 e. The number of nitrogens with zero attached hydrogens (tertiary/aromatic N) is 1. The predicted octanol–water partition coefficient (Wildman–Crippen LogP) is 7.46. The summed E-state index contributed by atoms with van der Waals surface area (Å²) < 4.78 is 10.9. The highest BCUT2D eigenvalue weighted by Crippen LogP contribution is 2.66. The molecule has 2 aromatic carbocycles. The summed E-state index contributed by atoms with van der Waals surface area (Å²) in [4.78, 5) is 12.8. The van der Waals surface area contributed by atoms with Crippen molar-refractivity contribution >= 4 is 69.7 Å². The number of benzene rings is 2. The number of hydrogen-bond donors (Lipinski definition) is 0. The molecule has 0 aromatic heterocycles. The maximum Gasteiger partial charge on any atom is 0.311 e. The van der Waals surface area contributed by atoms with Gasteiger partial charge in [0.05, 0.1) is 10.7 Å². The third-order valence-electron chi connectivity index (χ3n) is 5.28. The van der Waals surface area contributed by atoms with Crippen LogP contribution in [0, 0.1) is 28.6 Å². The van der Waals surface area contributed by atoms with Gasteiger partial charge >= 0.3 is 5.97 Å². The van der Waals surface area contributed by atoms with Crippen LogP contribution in [0.5, 0.6) is 11.5 Å². The lowest BCUT2D eigenvalue weighted by molar-refractivity contribution is -0.149. The van der Waals surface area contributed by atoms with Gasteiger partial charge in [0, 0.05) is 5.56 Å². The van der Waals surface area contributed by atoms with E-state index in [4.69, 9.17) is 9.47 Å². The van der Waals surface area contributed by atoms with Gasteiger partial charge in [0.25, 0.3) is 0 Å². The van der Waals surface area contributed by atoms with Gasteiger partial charge in [-0.3, -0.25) is 4.79 Å². The highest BCUT2D eigenvalue weighted by molar-refractivity contribution is 9.40. The molecular formula is C22H19Br4NO3. The molecule has 0 heterocycles. The number of hydrogen-bond acceptors (Lipinski definition) is 4. The first kappa shape index (κ1) is 23.8. The summed E-state index contributed by atoms with van der Waals surface area (Å²) in [6.07, 6.45) is -1.01. The van der Waals surface area contributed by atoms with Crippen molar-refractivity contribution in [2.45, 2.75) is 26.9 Å². The van der Waals surface area contributed by atoms with Gasteiger partial charge < -0.3 is 9.47 Å². The Morgan fingerprint density at radius 1 is 1.10 bits per heavy atom. The molecule has 2 aromatic rings. The molecule has 3 rings (SSSR count). The fraction of sp³-hybridized carbons (Fsp3) is 0.364. The van der Waals surface area contributed by atoms with Gasteiger partial charge in [0.2, 0.25) is 6.10 Å². The summed E-state index contributed by atoms with van der Waals surface area (Å²) in [7, 11) is 0. The van der Waals surface area contributed by atoms with Gasteiger partial charge in [0.15, 0.2) is 0 Å². The Labute approximate surface area is 209 Å². The summed E-state index contributed by atoms with van der Waals surface area (Å²) >= 11 is 14.2. The van der Waals surface area contributed by atoms with Crippen molar-refractivity contribution in [3.8, 4) is 17.6 Å². The van der Waals surface area contributed by atoms with Crippen molar-refractivity contribution in [2.24, 2.45) is 17.3 Å². The molecule has 2 unspecified atom stereocenters. The summed E-state index contributed by atoms with van der Waals surface area (Å²) in [5.74, 6) is 0.576. The summed E-state index contributed by atoms with van der Waals surface area (Å²) in [5.41, 5.74) is 0.310. The predicted molar refractivity (Wildman–Crippen MR) is 130 cm³/mol. The summed E-state index contributed by atoms with van der Waals surface area (Å²) in [6, 6.07) is 18.5. The van der Waals surface area contributed by atoms with E-state index in [1.807, 2.05) is 44.2 Å². The van der Waals surface area contributed by atoms with Gasteiger partial charge in [-0.2, -0.15) is 5.26 Å². The van der Waals surface area contributed by atoms with Crippen molar-refractivity contribution < 1.29 is 14.3 Å². The minimum Gasteiger partial charge on any atom is -0.457 e. The molecule has 0 spiro atoms. The van der Waals surface area contributed by atoms with Gasteiger partial charge in [-0.05, 0) is 35.6 Å². The number of carbonyl (C=O) groups excluding carboxylic acids is 1. The van der Waals surface area contributed by atoms with Crippen LogP contribution in [-0.4, -0.2) is 12.9 Å². The van der Waals surface area contributed by atoms with E-state index in [1.165, 1.54) is 0 Å². The fourth-order valence-electron chi connectivity index (χ4n) is 3.60. The van der Waals surface area contributed by atoms with Crippen LogP contribution in [0.2, 0.25) is 0 Å². The second-order valence-electron chi connectivity index (χ2n) is 7.70. The van der Waals surface area contributed by atoms with Crippen LogP contribution in [0.1, 0.15) is 25.5 Å². The zero-order valence-corrected chi connectivity index (χ0v) is 22.5. The molecule has 0 radical (unpaired) electrons. The Bertz CT molecular complexity index is 953. The molecule has 8 heteroatoms. The van der Waals surface area contributed by atoms with E-state index in [0.717, 1.165) is 0 Å². The van der Waals surface area contributed by atoms with Crippen LogP contribution in [0.4, 0.5) is 0 Å². The lowest BCUT2D eigenvalue weighted by Crippen LogP contribution is -2.23. The lowest BCUT2D eigenvalue weighted by atomic mass is 10.1. The van der Waals surface area contributed by atoms with Crippen molar-refractivity contribution in [3.63, 3.8) is 0 Å². The van der Waals surface area contributed by atoms with E-state index in [2.05, 4.69) is 69.8 Å². The molecule has 0 amide bonds. The first-order valence-electron chi connectivity index (χ1n) is 9.19. The molecule has 1 saturated carbocycles. The van der Waals surface area contributed by atoms with Crippen molar-refractivity contribution in [1.82, 2.24) is 0 Å². The van der Waals surface area contributed by atoms with Crippen LogP contribution < -0.4 is 4.74 Å². The number of carbonyl (C=O) groups is 1. The van der Waals surface area contributed by atoms with Crippen molar-refractivity contribution in [3.05, 3.63) is 60.2 Å². The largest absolute Gasteiger partial charge is 0.457 e. The normalized spacial score (nSPS) is 21.8. The molecule has 30 heavy (non-hydrogen) atoms. The average molecular weight is 665 g/mol. The maximum absolute atomic E-state index is 12.9. The first-order valence-corrected chi connectivity index (χ1v) is 12.5. The Morgan fingerprint density at radius 3 is 2.33 bits per heavy atom. The number of para-hydroxylation sites is 1. The first-order chi connectivity index (χ1) is 14.1. The molecule has 1 fully saturated rings. The highest BCUT2D eigenvalue weighted by Gasteiger charge is 2.67. The third kappa shape index (κ3) is 5.29. The van der Waals surface area contributed by atoms with Crippen molar-refractivity contribution in [1.29, 1.82) is 5.26 Å².